The molecular formula is C20H20ClN3O4. The van der Waals surface area contributed by atoms with Crippen molar-refractivity contribution in [1.29, 1.82) is 0 Å². The number of methoxy groups -OCH3 is 1. The van der Waals surface area contributed by atoms with Crippen molar-refractivity contribution in [2.75, 3.05) is 25.6 Å². The Morgan fingerprint density at radius 3 is 2.79 bits per heavy atom. The fourth-order valence-corrected chi connectivity index (χ4v) is 3.02. The van der Waals surface area contributed by atoms with E-state index in [4.69, 9.17) is 26.2 Å². The molecule has 0 unspecified atom stereocenters. The lowest BCUT2D eigenvalue weighted by Gasteiger charge is -2.14. The zero-order valence-electron chi connectivity index (χ0n) is 15.5. The summed E-state index contributed by atoms with van der Waals surface area (Å²) in [6, 6.07) is 12.1. The summed E-state index contributed by atoms with van der Waals surface area (Å²) in [4.78, 5) is 12.6. The maximum Gasteiger partial charge on any atom is 0.255 e. The van der Waals surface area contributed by atoms with Gasteiger partial charge in [0.15, 0.2) is 0 Å². The Kier molecular flexibility index (Phi) is 6.18. The maximum absolute atomic E-state index is 12.6. The molecule has 0 radical (unpaired) electrons. The van der Waals surface area contributed by atoms with E-state index < -0.39 is 0 Å². The highest BCUT2D eigenvalue weighted by atomic mass is 35.5. The molecule has 0 bridgehead atoms. The standard InChI is InChI=1S/C20H20ClN3O4/c1-24-19(17(21)12-22-24)16-11-14(6-7-18(16)28-9-8-25)23-20(26)13-4-3-5-15(10-13)27-2/h3-7,10-12,25H,8-9H2,1-2H3,(H,23,26). The lowest BCUT2D eigenvalue weighted by Crippen LogP contribution is -2.12. The lowest BCUT2D eigenvalue weighted by molar-refractivity contribution is 0.102. The van der Waals surface area contributed by atoms with Crippen LogP contribution in [0.5, 0.6) is 11.5 Å². The number of carbonyl (C=O) groups is 1. The van der Waals surface area contributed by atoms with E-state index in [0.717, 1.165) is 0 Å². The van der Waals surface area contributed by atoms with Gasteiger partial charge in [0.1, 0.15) is 18.1 Å². The van der Waals surface area contributed by atoms with Crippen molar-refractivity contribution in [3.05, 3.63) is 59.2 Å². The Morgan fingerprint density at radius 1 is 1.29 bits per heavy atom. The van der Waals surface area contributed by atoms with Crippen molar-refractivity contribution in [3.8, 4) is 22.8 Å². The topological polar surface area (TPSA) is 85.6 Å². The Bertz CT molecular complexity index is 968. The zero-order valence-corrected chi connectivity index (χ0v) is 16.2. The third-order valence-corrected chi connectivity index (χ3v) is 4.34. The number of carbonyl (C=O) groups excluding carboxylic acids is 1. The summed E-state index contributed by atoms with van der Waals surface area (Å²) in [6.45, 7) is 0.0187. The van der Waals surface area contributed by atoms with Gasteiger partial charge in [0.05, 0.1) is 30.6 Å². The van der Waals surface area contributed by atoms with Gasteiger partial charge in [-0.25, -0.2) is 0 Å². The number of aromatic nitrogens is 2. The SMILES string of the molecule is COc1cccc(C(=O)Nc2ccc(OCCO)c(-c3c(Cl)cnn3C)c2)c1. The molecule has 0 saturated heterocycles. The summed E-state index contributed by atoms with van der Waals surface area (Å²) in [5.41, 5.74) is 2.34. The number of aliphatic hydroxyl groups excluding tert-OH is 1. The number of ether oxygens (including phenoxy) is 2. The summed E-state index contributed by atoms with van der Waals surface area (Å²) in [5, 5.41) is 16.5. The molecular weight excluding hydrogens is 382 g/mol. The van der Waals surface area contributed by atoms with E-state index in [-0.39, 0.29) is 19.1 Å². The van der Waals surface area contributed by atoms with Gasteiger partial charge in [-0.2, -0.15) is 5.10 Å². The first-order chi connectivity index (χ1) is 13.5. The molecule has 1 amide bonds. The van der Waals surface area contributed by atoms with Crippen LogP contribution in [0.3, 0.4) is 0 Å². The van der Waals surface area contributed by atoms with Crippen LogP contribution in [0, 0.1) is 0 Å². The molecule has 0 aliphatic carbocycles. The van der Waals surface area contributed by atoms with Crippen molar-refractivity contribution in [3.63, 3.8) is 0 Å². The predicted molar refractivity (Wildman–Crippen MR) is 107 cm³/mol. The number of aliphatic hydroxyl groups is 1. The molecule has 8 heteroatoms. The van der Waals surface area contributed by atoms with Crippen LogP contribution in [-0.4, -0.2) is 41.1 Å². The minimum Gasteiger partial charge on any atom is -0.497 e. The number of halogens is 1. The average Bonchev–Trinajstić information content (AvgIpc) is 3.05. The number of nitrogens with one attached hydrogen (secondary N) is 1. The van der Waals surface area contributed by atoms with Gasteiger partial charge in [-0.3, -0.25) is 9.48 Å². The molecule has 0 atom stereocenters. The highest BCUT2D eigenvalue weighted by Gasteiger charge is 2.17. The van der Waals surface area contributed by atoms with Crippen LogP contribution in [0.1, 0.15) is 10.4 Å². The van der Waals surface area contributed by atoms with Crippen LogP contribution in [-0.2, 0) is 7.05 Å². The molecule has 2 aromatic carbocycles. The third-order valence-electron chi connectivity index (χ3n) is 4.07. The molecule has 0 saturated carbocycles. The van der Waals surface area contributed by atoms with Gasteiger partial charge in [-0.05, 0) is 36.4 Å². The largest absolute Gasteiger partial charge is 0.497 e. The van der Waals surface area contributed by atoms with Crippen LogP contribution < -0.4 is 14.8 Å². The van der Waals surface area contributed by atoms with Crippen molar-refractivity contribution in [2.24, 2.45) is 7.05 Å². The Morgan fingerprint density at radius 2 is 2.11 bits per heavy atom. The van der Waals surface area contributed by atoms with Crippen molar-refractivity contribution < 1.29 is 19.4 Å². The monoisotopic (exact) mass is 401 g/mol. The molecule has 7 nitrogen and oxygen atoms in total. The number of rotatable bonds is 7. The van der Waals surface area contributed by atoms with Gasteiger partial charge < -0.3 is 19.9 Å². The molecule has 146 valence electrons. The number of hydrogen-bond acceptors (Lipinski definition) is 5. The summed E-state index contributed by atoms with van der Waals surface area (Å²) in [6.07, 6.45) is 1.54. The second-order valence-corrected chi connectivity index (χ2v) is 6.34. The van der Waals surface area contributed by atoms with Crippen molar-refractivity contribution >= 4 is 23.2 Å². The minimum atomic E-state index is -0.273. The van der Waals surface area contributed by atoms with Crippen LogP contribution in [0.2, 0.25) is 5.02 Å². The second kappa shape index (κ2) is 8.77. The van der Waals surface area contributed by atoms with Gasteiger partial charge in [0.25, 0.3) is 5.91 Å². The van der Waals surface area contributed by atoms with Gasteiger partial charge in [0, 0.05) is 23.9 Å². The van der Waals surface area contributed by atoms with E-state index in [9.17, 15) is 4.79 Å². The molecule has 0 aliphatic heterocycles. The zero-order chi connectivity index (χ0) is 20.1. The molecule has 1 heterocycles. The quantitative estimate of drug-likeness (QED) is 0.634. The minimum absolute atomic E-state index is 0.118. The summed E-state index contributed by atoms with van der Waals surface area (Å²) in [7, 11) is 3.31. The first-order valence-corrected chi connectivity index (χ1v) is 8.92. The van der Waals surface area contributed by atoms with Gasteiger partial charge in [0.2, 0.25) is 0 Å². The molecule has 3 rings (SSSR count). The van der Waals surface area contributed by atoms with E-state index in [1.807, 2.05) is 0 Å². The summed E-state index contributed by atoms with van der Waals surface area (Å²) >= 11 is 6.28. The maximum atomic E-state index is 12.6. The van der Waals surface area contributed by atoms with Gasteiger partial charge in [-0.1, -0.05) is 17.7 Å². The van der Waals surface area contributed by atoms with Gasteiger partial charge in [-0.15, -0.1) is 0 Å². The normalized spacial score (nSPS) is 10.6. The molecule has 3 aromatic rings. The predicted octanol–water partition coefficient (Wildman–Crippen LogP) is 3.37. The van der Waals surface area contributed by atoms with E-state index in [1.165, 1.54) is 6.20 Å². The number of amides is 1. The first kappa shape index (κ1) is 19.7. The van der Waals surface area contributed by atoms with Crippen LogP contribution in [0.4, 0.5) is 5.69 Å². The van der Waals surface area contributed by atoms with Crippen molar-refractivity contribution in [2.45, 2.75) is 0 Å². The fraction of sp³-hybridized carbons (Fsp3) is 0.200. The molecule has 28 heavy (non-hydrogen) atoms. The highest BCUT2D eigenvalue weighted by Crippen LogP contribution is 2.36. The number of nitrogens with zero attached hydrogens (tertiary/aromatic N) is 2. The van der Waals surface area contributed by atoms with Crippen LogP contribution in [0.25, 0.3) is 11.3 Å². The molecule has 0 spiro atoms. The van der Waals surface area contributed by atoms with E-state index in [2.05, 4.69) is 10.4 Å². The first-order valence-electron chi connectivity index (χ1n) is 8.54. The Hall–Kier alpha value is -3.03. The second-order valence-electron chi connectivity index (χ2n) is 5.93. The molecule has 2 N–H and O–H groups in total. The Labute approximate surface area is 167 Å². The van der Waals surface area contributed by atoms with E-state index >= 15 is 0 Å². The number of benzene rings is 2. The molecule has 1 aromatic heterocycles. The number of anilines is 1. The number of aryl methyl sites for hydroxylation is 1. The smallest absolute Gasteiger partial charge is 0.255 e. The van der Waals surface area contributed by atoms with E-state index in [1.54, 1.807) is 61.3 Å². The van der Waals surface area contributed by atoms with Gasteiger partial charge >= 0.3 is 0 Å². The van der Waals surface area contributed by atoms with E-state index in [0.29, 0.717) is 39.0 Å². The molecule has 0 fully saturated rings. The fourth-order valence-electron chi connectivity index (χ4n) is 2.76. The number of hydrogen-bond donors (Lipinski definition) is 2. The lowest BCUT2D eigenvalue weighted by atomic mass is 10.1. The molecule has 0 aliphatic rings. The highest BCUT2D eigenvalue weighted by molar-refractivity contribution is 6.33. The Balaban J connectivity index is 1.94. The van der Waals surface area contributed by atoms with Crippen LogP contribution in [0.15, 0.2) is 48.7 Å². The average molecular weight is 402 g/mol. The van der Waals surface area contributed by atoms with Crippen molar-refractivity contribution in [1.82, 2.24) is 9.78 Å². The summed E-state index contributed by atoms with van der Waals surface area (Å²) in [5.74, 6) is 0.853. The van der Waals surface area contributed by atoms with Crippen LogP contribution >= 0.6 is 11.6 Å². The summed E-state index contributed by atoms with van der Waals surface area (Å²) < 4.78 is 12.4. The third kappa shape index (κ3) is 4.27.